The molecule has 1 saturated carbocycles. The zero-order chi connectivity index (χ0) is 12.0. The zero-order valence-corrected chi connectivity index (χ0v) is 12.4. The van der Waals surface area contributed by atoms with Crippen molar-refractivity contribution >= 4 is 27.3 Å². The Hall–Kier alpha value is -0.670. The molecule has 2 aromatic rings. The maximum absolute atomic E-state index is 4.85. The summed E-state index contributed by atoms with van der Waals surface area (Å²) in [5.74, 6) is 0. The van der Waals surface area contributed by atoms with E-state index in [1.165, 1.54) is 28.3 Å². The number of aryl methyl sites for hydroxylation is 1. The van der Waals surface area contributed by atoms with E-state index in [4.69, 9.17) is 4.98 Å². The van der Waals surface area contributed by atoms with Gasteiger partial charge in [-0.15, -0.1) is 11.3 Å². The molecule has 0 unspecified atom stereocenters. The van der Waals surface area contributed by atoms with Crippen LogP contribution >= 0.6 is 27.3 Å². The minimum absolute atomic E-state index is 0.378. The van der Waals surface area contributed by atoms with Gasteiger partial charge in [0.15, 0.2) is 0 Å². The molecule has 0 amide bonds. The minimum atomic E-state index is 0.378. The van der Waals surface area contributed by atoms with E-state index in [9.17, 15) is 0 Å². The van der Waals surface area contributed by atoms with Gasteiger partial charge in [0.1, 0.15) is 0 Å². The van der Waals surface area contributed by atoms with Gasteiger partial charge in [-0.1, -0.05) is 35.0 Å². The van der Waals surface area contributed by atoms with Gasteiger partial charge < -0.3 is 0 Å². The monoisotopic (exact) mass is 307 g/mol. The number of benzene rings is 1. The predicted molar refractivity (Wildman–Crippen MR) is 76.6 cm³/mol. The molecule has 88 valence electrons. The highest BCUT2D eigenvalue weighted by Gasteiger charge is 2.42. The number of thiazole rings is 1. The number of aromatic nitrogens is 1. The topological polar surface area (TPSA) is 12.9 Å². The number of hydrogen-bond acceptors (Lipinski definition) is 2. The molecule has 0 N–H and O–H groups in total. The standard InChI is InChI=1S/C14H14BrNS/c1-9-12(10-3-5-11(15)6-4-10)16-13(17-9)14(2)7-8-14/h3-6H,7-8H2,1-2H3. The van der Waals surface area contributed by atoms with Crippen LogP contribution in [0, 0.1) is 6.92 Å². The van der Waals surface area contributed by atoms with Crippen LogP contribution in [-0.2, 0) is 5.41 Å². The quantitative estimate of drug-likeness (QED) is 0.766. The molecule has 0 spiro atoms. The van der Waals surface area contributed by atoms with Crippen molar-refractivity contribution in [3.05, 3.63) is 38.6 Å². The van der Waals surface area contributed by atoms with Gasteiger partial charge in [0.2, 0.25) is 0 Å². The molecule has 1 aliphatic carbocycles. The first-order valence-corrected chi connectivity index (χ1v) is 7.43. The van der Waals surface area contributed by atoms with Crippen LogP contribution in [0.1, 0.15) is 29.7 Å². The van der Waals surface area contributed by atoms with Crippen molar-refractivity contribution < 1.29 is 0 Å². The average molecular weight is 308 g/mol. The molecular weight excluding hydrogens is 294 g/mol. The van der Waals surface area contributed by atoms with Gasteiger partial charge in [-0.3, -0.25) is 0 Å². The Labute approximate surface area is 114 Å². The van der Waals surface area contributed by atoms with Crippen LogP contribution in [0.3, 0.4) is 0 Å². The second kappa shape index (κ2) is 3.92. The summed E-state index contributed by atoms with van der Waals surface area (Å²) in [6.07, 6.45) is 2.58. The highest BCUT2D eigenvalue weighted by molar-refractivity contribution is 9.10. The lowest BCUT2D eigenvalue weighted by atomic mass is 10.1. The third-order valence-electron chi connectivity index (χ3n) is 3.43. The first-order chi connectivity index (χ1) is 8.08. The third-order valence-corrected chi connectivity index (χ3v) is 5.24. The maximum atomic E-state index is 4.85. The molecule has 1 aliphatic rings. The second-order valence-electron chi connectivity index (χ2n) is 4.99. The van der Waals surface area contributed by atoms with Crippen LogP contribution in [0.4, 0.5) is 0 Å². The first kappa shape index (κ1) is 11.4. The van der Waals surface area contributed by atoms with Gasteiger partial charge in [-0.05, 0) is 31.9 Å². The van der Waals surface area contributed by atoms with Gasteiger partial charge >= 0.3 is 0 Å². The Morgan fingerprint density at radius 1 is 1.24 bits per heavy atom. The van der Waals surface area contributed by atoms with E-state index in [2.05, 4.69) is 54.0 Å². The molecular formula is C14H14BrNS. The Kier molecular flexibility index (Phi) is 2.64. The molecule has 3 rings (SSSR count). The van der Waals surface area contributed by atoms with Gasteiger partial charge in [0, 0.05) is 20.3 Å². The molecule has 17 heavy (non-hydrogen) atoms. The van der Waals surface area contributed by atoms with E-state index in [0.29, 0.717) is 5.41 Å². The predicted octanol–water partition coefficient (Wildman–Crippen LogP) is 4.93. The molecule has 0 aliphatic heterocycles. The molecule has 0 radical (unpaired) electrons. The van der Waals surface area contributed by atoms with E-state index >= 15 is 0 Å². The summed E-state index contributed by atoms with van der Waals surface area (Å²) in [5.41, 5.74) is 2.76. The summed E-state index contributed by atoms with van der Waals surface area (Å²) >= 11 is 5.33. The molecule has 0 atom stereocenters. The van der Waals surface area contributed by atoms with Gasteiger partial charge in [0.25, 0.3) is 0 Å². The van der Waals surface area contributed by atoms with Crippen molar-refractivity contribution in [3.63, 3.8) is 0 Å². The van der Waals surface area contributed by atoms with Crippen LogP contribution in [0.2, 0.25) is 0 Å². The molecule has 1 aromatic heterocycles. The molecule has 1 heterocycles. The highest BCUT2D eigenvalue weighted by atomic mass is 79.9. The molecule has 1 aromatic carbocycles. The summed E-state index contributed by atoms with van der Waals surface area (Å²) < 4.78 is 1.11. The van der Waals surface area contributed by atoms with Gasteiger partial charge in [-0.2, -0.15) is 0 Å². The lowest BCUT2D eigenvalue weighted by Gasteiger charge is -2.01. The van der Waals surface area contributed by atoms with Crippen molar-refractivity contribution in [1.82, 2.24) is 4.98 Å². The Morgan fingerprint density at radius 3 is 2.47 bits per heavy atom. The zero-order valence-electron chi connectivity index (χ0n) is 9.96. The van der Waals surface area contributed by atoms with E-state index in [0.717, 1.165) is 10.2 Å². The van der Waals surface area contributed by atoms with E-state index in [1.54, 1.807) is 0 Å². The fraction of sp³-hybridized carbons (Fsp3) is 0.357. The smallest absolute Gasteiger partial charge is 0.0994 e. The summed E-state index contributed by atoms with van der Waals surface area (Å²) in [6, 6.07) is 8.41. The normalized spacial score (nSPS) is 17.1. The van der Waals surface area contributed by atoms with Crippen molar-refractivity contribution in [2.75, 3.05) is 0 Å². The lowest BCUT2D eigenvalue weighted by Crippen LogP contribution is -1.97. The Morgan fingerprint density at radius 2 is 1.88 bits per heavy atom. The second-order valence-corrected chi connectivity index (χ2v) is 7.11. The fourth-order valence-corrected chi connectivity index (χ4v) is 3.33. The van der Waals surface area contributed by atoms with Crippen LogP contribution < -0.4 is 0 Å². The molecule has 1 fully saturated rings. The SMILES string of the molecule is Cc1sc(C2(C)CC2)nc1-c1ccc(Br)cc1. The van der Waals surface area contributed by atoms with Crippen LogP contribution in [0.5, 0.6) is 0 Å². The Balaban J connectivity index is 2.03. The molecule has 0 bridgehead atoms. The fourth-order valence-electron chi connectivity index (χ4n) is 1.93. The minimum Gasteiger partial charge on any atom is -0.240 e. The Bertz CT molecular complexity index is 552. The van der Waals surface area contributed by atoms with E-state index in [1.807, 2.05) is 11.3 Å². The van der Waals surface area contributed by atoms with Crippen LogP contribution in [0.25, 0.3) is 11.3 Å². The first-order valence-electron chi connectivity index (χ1n) is 5.82. The number of rotatable bonds is 2. The van der Waals surface area contributed by atoms with Crippen molar-refractivity contribution in [2.24, 2.45) is 0 Å². The highest BCUT2D eigenvalue weighted by Crippen LogP contribution is 2.50. The molecule has 1 nitrogen and oxygen atoms in total. The van der Waals surface area contributed by atoms with Crippen molar-refractivity contribution in [3.8, 4) is 11.3 Å². The number of hydrogen-bond donors (Lipinski definition) is 0. The van der Waals surface area contributed by atoms with Crippen LogP contribution in [-0.4, -0.2) is 4.98 Å². The molecule has 3 heteroatoms. The maximum Gasteiger partial charge on any atom is 0.0994 e. The molecule has 0 saturated heterocycles. The van der Waals surface area contributed by atoms with Crippen molar-refractivity contribution in [1.29, 1.82) is 0 Å². The van der Waals surface area contributed by atoms with Crippen LogP contribution in [0.15, 0.2) is 28.7 Å². The summed E-state index contributed by atoms with van der Waals surface area (Å²) in [7, 11) is 0. The lowest BCUT2D eigenvalue weighted by molar-refractivity contribution is 0.777. The third kappa shape index (κ3) is 2.06. The number of nitrogens with zero attached hydrogens (tertiary/aromatic N) is 1. The van der Waals surface area contributed by atoms with E-state index < -0.39 is 0 Å². The van der Waals surface area contributed by atoms with E-state index in [-0.39, 0.29) is 0 Å². The van der Waals surface area contributed by atoms with Crippen molar-refractivity contribution in [2.45, 2.75) is 32.1 Å². The summed E-state index contributed by atoms with van der Waals surface area (Å²) in [4.78, 5) is 6.18. The average Bonchev–Trinajstić information content (AvgIpc) is 2.93. The van der Waals surface area contributed by atoms with Gasteiger partial charge in [-0.25, -0.2) is 4.98 Å². The number of halogens is 1. The summed E-state index contributed by atoms with van der Waals surface area (Å²) in [5, 5.41) is 1.31. The van der Waals surface area contributed by atoms with Gasteiger partial charge in [0.05, 0.1) is 10.7 Å². The largest absolute Gasteiger partial charge is 0.240 e. The summed E-state index contributed by atoms with van der Waals surface area (Å²) in [6.45, 7) is 4.49.